The highest BCUT2D eigenvalue weighted by Gasteiger charge is 2.21. The first-order valence-electron chi connectivity index (χ1n) is 7.45. The number of carbonyl (C=O) groups excluding carboxylic acids is 1. The molecule has 4 nitrogen and oxygen atoms in total. The van der Waals surface area contributed by atoms with E-state index in [1.165, 1.54) is 12.8 Å². The summed E-state index contributed by atoms with van der Waals surface area (Å²) in [6.07, 6.45) is 5.90. The average molecular weight is 275 g/mol. The lowest BCUT2D eigenvalue weighted by atomic mass is 10.1. The number of aryl methyl sites for hydroxylation is 1. The Kier molecular flexibility index (Phi) is 3.92. The predicted molar refractivity (Wildman–Crippen MR) is 75.6 cm³/mol. The van der Waals surface area contributed by atoms with E-state index in [2.05, 4.69) is 5.32 Å². The fourth-order valence-corrected chi connectivity index (χ4v) is 3.15. The van der Waals surface area contributed by atoms with Crippen LogP contribution in [0.1, 0.15) is 49.3 Å². The van der Waals surface area contributed by atoms with Gasteiger partial charge in [-0.3, -0.25) is 4.79 Å². The highest BCUT2D eigenvalue weighted by Crippen LogP contribution is 2.33. The number of carbonyl (C=O) groups is 1. The maximum atomic E-state index is 11.8. The molecule has 20 heavy (non-hydrogen) atoms. The number of nitrogens with one attached hydrogen (secondary N) is 1. The van der Waals surface area contributed by atoms with E-state index in [1.807, 2.05) is 18.2 Å². The zero-order valence-corrected chi connectivity index (χ0v) is 11.6. The number of hydrogen-bond donors (Lipinski definition) is 2. The van der Waals surface area contributed by atoms with Crippen LogP contribution in [0.15, 0.2) is 18.2 Å². The Labute approximate surface area is 119 Å². The van der Waals surface area contributed by atoms with Gasteiger partial charge in [0, 0.05) is 6.04 Å². The van der Waals surface area contributed by atoms with Crippen LogP contribution in [0.5, 0.6) is 5.75 Å². The van der Waals surface area contributed by atoms with Crippen molar-refractivity contribution in [3.8, 4) is 5.75 Å². The molecule has 3 rings (SSSR count). The molecule has 1 atom stereocenters. The van der Waals surface area contributed by atoms with Gasteiger partial charge in [0.2, 0.25) is 0 Å². The number of aliphatic hydroxyl groups excluding tert-OH is 1. The van der Waals surface area contributed by atoms with Crippen molar-refractivity contribution >= 4 is 5.91 Å². The van der Waals surface area contributed by atoms with E-state index in [4.69, 9.17) is 4.74 Å². The molecular formula is C16H21NO3. The van der Waals surface area contributed by atoms with Crippen molar-refractivity contribution in [2.24, 2.45) is 0 Å². The van der Waals surface area contributed by atoms with E-state index in [0.29, 0.717) is 11.8 Å². The molecule has 0 heterocycles. The number of fused-ring (bicyclic) bond motifs is 1. The van der Waals surface area contributed by atoms with Crippen LogP contribution in [0.4, 0.5) is 0 Å². The summed E-state index contributed by atoms with van der Waals surface area (Å²) in [4.78, 5) is 11.8. The minimum Gasteiger partial charge on any atom is -0.484 e. The Morgan fingerprint density at radius 3 is 2.90 bits per heavy atom. The Bertz CT molecular complexity index is 494. The van der Waals surface area contributed by atoms with Crippen LogP contribution in [-0.4, -0.2) is 23.7 Å². The van der Waals surface area contributed by atoms with Crippen molar-refractivity contribution in [3.05, 3.63) is 29.3 Å². The fourth-order valence-electron chi connectivity index (χ4n) is 3.15. The van der Waals surface area contributed by atoms with E-state index in [9.17, 15) is 9.90 Å². The number of ether oxygens (including phenoxy) is 1. The number of hydrogen-bond acceptors (Lipinski definition) is 3. The van der Waals surface area contributed by atoms with Crippen molar-refractivity contribution in [2.45, 2.75) is 50.7 Å². The average Bonchev–Trinajstić information content (AvgIpc) is 3.07. The van der Waals surface area contributed by atoms with Gasteiger partial charge in [-0.05, 0) is 48.9 Å². The molecule has 108 valence electrons. The summed E-state index contributed by atoms with van der Waals surface area (Å²) in [6.45, 7) is 0.0673. The van der Waals surface area contributed by atoms with Crippen LogP contribution in [-0.2, 0) is 11.2 Å². The number of rotatable bonds is 4. The Hall–Kier alpha value is -1.55. The lowest BCUT2D eigenvalue weighted by Gasteiger charge is -2.13. The van der Waals surface area contributed by atoms with Gasteiger partial charge in [-0.25, -0.2) is 0 Å². The molecular weight excluding hydrogens is 254 g/mol. The van der Waals surface area contributed by atoms with E-state index < -0.39 is 0 Å². The molecule has 2 aliphatic carbocycles. The van der Waals surface area contributed by atoms with Gasteiger partial charge in [0.1, 0.15) is 5.75 Å². The van der Waals surface area contributed by atoms with Crippen LogP contribution in [0.3, 0.4) is 0 Å². The summed E-state index contributed by atoms with van der Waals surface area (Å²) in [6, 6.07) is 6.00. The number of amides is 1. The summed E-state index contributed by atoms with van der Waals surface area (Å²) >= 11 is 0. The third-order valence-electron chi connectivity index (χ3n) is 4.25. The second-order valence-corrected chi connectivity index (χ2v) is 5.75. The minimum absolute atomic E-state index is 0.0440. The zero-order valence-electron chi connectivity index (χ0n) is 11.6. The second-order valence-electron chi connectivity index (χ2n) is 5.75. The van der Waals surface area contributed by atoms with Crippen molar-refractivity contribution in [1.29, 1.82) is 0 Å². The Morgan fingerprint density at radius 1 is 1.30 bits per heavy atom. The van der Waals surface area contributed by atoms with Gasteiger partial charge in [0.15, 0.2) is 6.61 Å². The fraction of sp³-hybridized carbons (Fsp3) is 0.562. The number of aliphatic hydroxyl groups is 1. The van der Waals surface area contributed by atoms with Crippen LogP contribution < -0.4 is 10.1 Å². The van der Waals surface area contributed by atoms with Gasteiger partial charge in [0.05, 0.1) is 6.10 Å². The molecule has 0 saturated heterocycles. The molecule has 0 spiro atoms. The lowest BCUT2D eigenvalue weighted by molar-refractivity contribution is -0.123. The molecule has 0 radical (unpaired) electrons. The summed E-state index contributed by atoms with van der Waals surface area (Å²) in [5.41, 5.74) is 2.12. The van der Waals surface area contributed by atoms with Crippen molar-refractivity contribution in [2.75, 3.05) is 6.61 Å². The topological polar surface area (TPSA) is 58.6 Å². The maximum Gasteiger partial charge on any atom is 0.258 e. The second kappa shape index (κ2) is 5.83. The molecule has 0 aliphatic heterocycles. The van der Waals surface area contributed by atoms with Gasteiger partial charge >= 0.3 is 0 Å². The summed E-state index contributed by atoms with van der Waals surface area (Å²) in [5.74, 6) is 0.664. The largest absolute Gasteiger partial charge is 0.484 e. The summed E-state index contributed by atoms with van der Waals surface area (Å²) < 4.78 is 5.54. The quantitative estimate of drug-likeness (QED) is 0.884. The van der Waals surface area contributed by atoms with E-state index in [0.717, 1.165) is 36.8 Å². The van der Waals surface area contributed by atoms with Gasteiger partial charge in [-0.1, -0.05) is 18.9 Å². The third kappa shape index (κ3) is 2.96. The molecule has 1 unspecified atom stereocenters. The monoisotopic (exact) mass is 275 g/mol. The molecule has 1 aromatic carbocycles. The van der Waals surface area contributed by atoms with Crippen LogP contribution in [0, 0.1) is 0 Å². The summed E-state index contributed by atoms with van der Waals surface area (Å²) in [5, 5.41) is 12.7. The minimum atomic E-state index is -0.343. The van der Waals surface area contributed by atoms with Gasteiger partial charge < -0.3 is 15.2 Å². The SMILES string of the molecule is O=C(COc1ccc2c(c1)CCC2O)NC1CCCC1. The van der Waals surface area contributed by atoms with Crippen molar-refractivity contribution in [1.82, 2.24) is 5.32 Å². The molecule has 2 N–H and O–H groups in total. The van der Waals surface area contributed by atoms with E-state index in [1.54, 1.807) is 0 Å². The molecule has 0 aromatic heterocycles. The van der Waals surface area contributed by atoms with Gasteiger partial charge in [-0.2, -0.15) is 0 Å². The first-order valence-corrected chi connectivity index (χ1v) is 7.45. The number of benzene rings is 1. The van der Waals surface area contributed by atoms with E-state index in [-0.39, 0.29) is 18.6 Å². The molecule has 0 bridgehead atoms. The van der Waals surface area contributed by atoms with Crippen LogP contribution in [0.2, 0.25) is 0 Å². The summed E-state index contributed by atoms with van der Waals surface area (Å²) in [7, 11) is 0. The van der Waals surface area contributed by atoms with Crippen LogP contribution >= 0.6 is 0 Å². The Balaban J connectivity index is 1.52. The molecule has 1 saturated carbocycles. The highest BCUT2D eigenvalue weighted by molar-refractivity contribution is 5.77. The maximum absolute atomic E-state index is 11.8. The van der Waals surface area contributed by atoms with Gasteiger partial charge in [-0.15, -0.1) is 0 Å². The first-order chi connectivity index (χ1) is 9.72. The normalized spacial score (nSPS) is 21.8. The van der Waals surface area contributed by atoms with Crippen LogP contribution in [0.25, 0.3) is 0 Å². The third-order valence-corrected chi connectivity index (χ3v) is 4.25. The standard InChI is InChI=1S/C16H21NO3/c18-15-8-5-11-9-13(6-7-14(11)15)20-10-16(19)17-12-3-1-2-4-12/h6-7,9,12,15,18H,1-5,8,10H2,(H,17,19). The highest BCUT2D eigenvalue weighted by atomic mass is 16.5. The van der Waals surface area contributed by atoms with Gasteiger partial charge in [0.25, 0.3) is 5.91 Å². The van der Waals surface area contributed by atoms with E-state index >= 15 is 0 Å². The Morgan fingerprint density at radius 2 is 2.10 bits per heavy atom. The molecule has 1 amide bonds. The first kappa shape index (κ1) is 13.4. The molecule has 4 heteroatoms. The van der Waals surface area contributed by atoms with Crippen molar-refractivity contribution < 1.29 is 14.6 Å². The smallest absolute Gasteiger partial charge is 0.258 e. The lowest BCUT2D eigenvalue weighted by Crippen LogP contribution is -2.36. The molecule has 2 aliphatic rings. The van der Waals surface area contributed by atoms with Crippen molar-refractivity contribution in [3.63, 3.8) is 0 Å². The molecule has 1 fully saturated rings. The zero-order chi connectivity index (χ0) is 13.9. The molecule has 1 aromatic rings. The predicted octanol–water partition coefficient (Wildman–Crippen LogP) is 2.10.